The molecule has 3 aromatic rings. The third-order valence-electron chi connectivity index (χ3n) is 4.51. The topological polar surface area (TPSA) is 79.8 Å². The zero-order valence-electron chi connectivity index (χ0n) is 17.7. The monoisotopic (exact) mass is 537 g/mol. The smallest absolute Gasteiger partial charge is 0.251 e. The van der Waals surface area contributed by atoms with E-state index in [0.29, 0.717) is 33.0 Å². The molecule has 0 fully saturated rings. The van der Waals surface area contributed by atoms with E-state index in [0.717, 1.165) is 11.1 Å². The number of benzene rings is 3. The van der Waals surface area contributed by atoms with Gasteiger partial charge in [0.15, 0.2) is 0 Å². The Hall–Kier alpha value is -2.77. The highest BCUT2D eigenvalue weighted by molar-refractivity contribution is 6.42. The minimum atomic E-state index is -0.351. The van der Waals surface area contributed by atoms with E-state index in [4.69, 9.17) is 51.1 Å². The fraction of sp³-hybridized carbons (Fsp3) is 0.125. The molecule has 3 aromatic carbocycles. The highest BCUT2D eigenvalue weighted by Gasteiger charge is 2.08. The van der Waals surface area contributed by atoms with Crippen LogP contribution in [0.4, 0.5) is 0 Å². The van der Waals surface area contributed by atoms with Gasteiger partial charge in [0.2, 0.25) is 5.91 Å². The molecule has 0 aliphatic rings. The molecular weight excluding hydrogens is 520 g/mol. The van der Waals surface area contributed by atoms with Crippen molar-refractivity contribution in [1.29, 1.82) is 0 Å². The average Bonchev–Trinajstić information content (AvgIpc) is 2.81. The minimum Gasteiger partial charge on any atom is -0.489 e. The maximum Gasteiger partial charge on any atom is 0.251 e. The van der Waals surface area contributed by atoms with Gasteiger partial charge in [-0.1, -0.05) is 52.5 Å². The summed E-state index contributed by atoms with van der Waals surface area (Å²) in [7, 11) is 0. The fourth-order valence-corrected chi connectivity index (χ4v) is 3.47. The van der Waals surface area contributed by atoms with E-state index >= 15 is 0 Å². The number of halogens is 4. The summed E-state index contributed by atoms with van der Waals surface area (Å²) in [5, 5.41) is 8.32. The van der Waals surface area contributed by atoms with Gasteiger partial charge in [-0.3, -0.25) is 9.59 Å². The Morgan fingerprint density at radius 3 is 2.35 bits per heavy atom. The SMILES string of the molecule is O=C(CCNC(=O)c1ccc(Cl)c(Cl)c1)NN=Cc1ccc(OCc2ccc(Cl)cc2Cl)cc1. The number of nitrogens with one attached hydrogen (secondary N) is 2. The van der Waals surface area contributed by atoms with Crippen LogP contribution >= 0.6 is 46.4 Å². The molecule has 6 nitrogen and oxygen atoms in total. The summed E-state index contributed by atoms with van der Waals surface area (Å²) < 4.78 is 5.73. The number of hydrogen-bond donors (Lipinski definition) is 2. The van der Waals surface area contributed by atoms with Crippen molar-refractivity contribution in [2.24, 2.45) is 5.10 Å². The normalized spacial score (nSPS) is 10.8. The summed E-state index contributed by atoms with van der Waals surface area (Å²) in [6, 6.07) is 16.9. The number of ether oxygens (including phenoxy) is 1. The van der Waals surface area contributed by atoms with Crippen LogP contribution < -0.4 is 15.5 Å². The van der Waals surface area contributed by atoms with Gasteiger partial charge in [-0.05, 0) is 60.2 Å². The Morgan fingerprint density at radius 1 is 0.882 bits per heavy atom. The van der Waals surface area contributed by atoms with Gasteiger partial charge in [-0.25, -0.2) is 5.43 Å². The van der Waals surface area contributed by atoms with Gasteiger partial charge in [0.05, 0.1) is 16.3 Å². The molecule has 0 aromatic heterocycles. The molecule has 2 N–H and O–H groups in total. The Bertz CT molecular complexity index is 1200. The quantitative estimate of drug-likeness (QED) is 0.253. The second-order valence-electron chi connectivity index (χ2n) is 7.02. The van der Waals surface area contributed by atoms with E-state index in [1.165, 1.54) is 18.3 Å². The summed E-state index contributed by atoms with van der Waals surface area (Å²) in [6.07, 6.45) is 1.57. The lowest BCUT2D eigenvalue weighted by Crippen LogP contribution is -2.29. The molecule has 10 heteroatoms. The molecule has 176 valence electrons. The molecule has 0 atom stereocenters. The molecule has 3 rings (SSSR count). The zero-order valence-corrected chi connectivity index (χ0v) is 20.7. The van der Waals surface area contributed by atoms with Crippen LogP contribution in [0.2, 0.25) is 20.1 Å². The van der Waals surface area contributed by atoms with E-state index in [9.17, 15) is 9.59 Å². The Morgan fingerprint density at radius 2 is 1.65 bits per heavy atom. The standard InChI is InChI=1S/C24H19Cl4N3O3/c25-18-5-3-17(21(27)12-18)14-34-19-6-1-15(2-7-19)13-30-31-23(32)9-10-29-24(33)16-4-8-20(26)22(28)11-16/h1-8,11-13H,9-10,14H2,(H,29,33)(H,31,32). The largest absolute Gasteiger partial charge is 0.489 e. The first-order valence-corrected chi connectivity index (χ1v) is 11.5. The van der Waals surface area contributed by atoms with Crippen molar-refractivity contribution in [1.82, 2.24) is 10.7 Å². The molecule has 0 saturated heterocycles. The summed E-state index contributed by atoms with van der Waals surface area (Å²) in [6.45, 7) is 0.450. The van der Waals surface area contributed by atoms with Crippen LogP contribution in [0.15, 0.2) is 65.8 Å². The number of hydrogen-bond acceptors (Lipinski definition) is 4. The van der Waals surface area contributed by atoms with Crippen molar-refractivity contribution < 1.29 is 14.3 Å². The first kappa shape index (κ1) is 25.8. The van der Waals surface area contributed by atoms with Crippen molar-refractivity contribution in [2.75, 3.05) is 6.54 Å². The van der Waals surface area contributed by atoms with Crippen molar-refractivity contribution in [2.45, 2.75) is 13.0 Å². The molecular formula is C24H19Cl4N3O3. The molecule has 0 unspecified atom stereocenters. The number of carbonyl (C=O) groups excluding carboxylic acids is 2. The van der Waals surface area contributed by atoms with E-state index in [-0.39, 0.29) is 29.8 Å². The molecule has 0 aliphatic heterocycles. The predicted octanol–water partition coefficient (Wildman–Crippen LogP) is 6.15. The van der Waals surface area contributed by atoms with Crippen LogP contribution in [0.3, 0.4) is 0 Å². The van der Waals surface area contributed by atoms with Crippen molar-refractivity contribution in [3.8, 4) is 5.75 Å². The maximum atomic E-state index is 12.1. The first-order valence-electron chi connectivity index (χ1n) is 10.0. The third kappa shape index (κ3) is 7.92. The van der Waals surface area contributed by atoms with Crippen LogP contribution in [-0.2, 0) is 11.4 Å². The van der Waals surface area contributed by atoms with E-state index in [2.05, 4.69) is 15.8 Å². The second-order valence-corrected chi connectivity index (χ2v) is 8.68. The van der Waals surface area contributed by atoms with Gasteiger partial charge >= 0.3 is 0 Å². The van der Waals surface area contributed by atoms with Crippen LogP contribution in [0, 0.1) is 0 Å². The van der Waals surface area contributed by atoms with Crippen LogP contribution in [0.25, 0.3) is 0 Å². The molecule has 0 heterocycles. The molecule has 0 bridgehead atoms. The summed E-state index contributed by atoms with van der Waals surface area (Å²) in [5.41, 5.74) is 4.37. The van der Waals surface area contributed by atoms with E-state index in [1.54, 1.807) is 42.5 Å². The average molecular weight is 539 g/mol. The molecule has 0 radical (unpaired) electrons. The highest BCUT2D eigenvalue weighted by atomic mass is 35.5. The van der Waals surface area contributed by atoms with Crippen LogP contribution in [0.5, 0.6) is 5.75 Å². The zero-order chi connectivity index (χ0) is 24.5. The minimum absolute atomic E-state index is 0.0600. The number of rotatable bonds is 9. The van der Waals surface area contributed by atoms with Gasteiger partial charge in [-0.2, -0.15) is 5.10 Å². The lowest BCUT2D eigenvalue weighted by atomic mass is 10.2. The Labute approximate surface area is 216 Å². The predicted molar refractivity (Wildman–Crippen MR) is 136 cm³/mol. The third-order valence-corrected chi connectivity index (χ3v) is 5.84. The van der Waals surface area contributed by atoms with Gasteiger partial charge in [-0.15, -0.1) is 0 Å². The lowest BCUT2D eigenvalue weighted by molar-refractivity contribution is -0.120. The summed E-state index contributed by atoms with van der Waals surface area (Å²) >= 11 is 23.8. The highest BCUT2D eigenvalue weighted by Crippen LogP contribution is 2.23. The Balaban J connectivity index is 1.39. The molecule has 34 heavy (non-hydrogen) atoms. The van der Waals surface area contributed by atoms with Crippen LogP contribution in [-0.4, -0.2) is 24.6 Å². The van der Waals surface area contributed by atoms with Gasteiger partial charge < -0.3 is 10.1 Å². The summed E-state index contributed by atoms with van der Waals surface area (Å²) in [5.74, 6) is -0.0362. The van der Waals surface area contributed by atoms with Gasteiger partial charge in [0, 0.05) is 34.1 Å². The fourth-order valence-electron chi connectivity index (χ4n) is 2.71. The van der Waals surface area contributed by atoms with Gasteiger partial charge in [0.1, 0.15) is 12.4 Å². The van der Waals surface area contributed by atoms with Crippen LogP contribution in [0.1, 0.15) is 27.9 Å². The van der Waals surface area contributed by atoms with Crippen molar-refractivity contribution >= 4 is 64.4 Å². The first-order chi connectivity index (χ1) is 16.3. The summed E-state index contributed by atoms with van der Waals surface area (Å²) in [4.78, 5) is 24.0. The molecule has 0 spiro atoms. The lowest BCUT2D eigenvalue weighted by Gasteiger charge is -2.08. The maximum absolute atomic E-state index is 12.1. The molecule has 2 amide bonds. The number of hydrazone groups is 1. The molecule has 0 aliphatic carbocycles. The van der Waals surface area contributed by atoms with Crippen molar-refractivity contribution in [3.63, 3.8) is 0 Å². The van der Waals surface area contributed by atoms with E-state index < -0.39 is 0 Å². The number of nitrogens with zero attached hydrogens (tertiary/aromatic N) is 1. The van der Waals surface area contributed by atoms with Gasteiger partial charge in [0.25, 0.3) is 5.91 Å². The number of carbonyl (C=O) groups is 2. The second kappa shape index (κ2) is 12.6. The Kier molecular flexibility index (Phi) is 9.60. The van der Waals surface area contributed by atoms with Crippen molar-refractivity contribution in [3.05, 3.63) is 97.4 Å². The van der Waals surface area contributed by atoms with E-state index in [1.807, 2.05) is 6.07 Å². The number of amides is 2. The molecule has 0 saturated carbocycles.